The summed E-state index contributed by atoms with van der Waals surface area (Å²) in [4.78, 5) is 13.5. The third-order valence-corrected chi connectivity index (χ3v) is 3.86. The van der Waals surface area contributed by atoms with Crippen LogP contribution in [0.2, 0.25) is 0 Å². The van der Waals surface area contributed by atoms with Crippen LogP contribution in [0.3, 0.4) is 0 Å². The molecule has 0 atom stereocenters. The standard InChI is InChI=1S/C15H13N3OS/c1-20-12-8-6-11(7-9-12)10-18-15(19)13-4-2-3-5-14(13)16-17-18/h2-9H,10H2,1H3. The number of aromatic nitrogens is 3. The minimum atomic E-state index is -0.107. The number of benzene rings is 2. The van der Waals surface area contributed by atoms with Gasteiger partial charge in [-0.2, -0.15) is 0 Å². The zero-order chi connectivity index (χ0) is 13.9. The van der Waals surface area contributed by atoms with Crippen LogP contribution >= 0.6 is 11.8 Å². The molecule has 0 unspecified atom stereocenters. The van der Waals surface area contributed by atoms with Crippen LogP contribution in [0.25, 0.3) is 10.9 Å². The molecule has 1 heterocycles. The summed E-state index contributed by atoms with van der Waals surface area (Å²) in [5.41, 5.74) is 1.56. The molecule has 3 aromatic rings. The lowest BCUT2D eigenvalue weighted by Gasteiger charge is -2.05. The quantitative estimate of drug-likeness (QED) is 0.693. The SMILES string of the molecule is CSc1ccc(Cn2nnc3ccccc3c2=O)cc1. The second kappa shape index (κ2) is 5.46. The monoisotopic (exact) mass is 283 g/mol. The van der Waals surface area contributed by atoms with Crippen molar-refractivity contribution in [1.82, 2.24) is 15.0 Å². The number of hydrogen-bond donors (Lipinski definition) is 0. The number of nitrogens with zero attached hydrogens (tertiary/aromatic N) is 3. The average molecular weight is 283 g/mol. The molecular formula is C15H13N3OS. The lowest BCUT2D eigenvalue weighted by Crippen LogP contribution is -2.24. The zero-order valence-corrected chi connectivity index (χ0v) is 11.8. The smallest absolute Gasteiger partial charge is 0.267 e. The van der Waals surface area contributed by atoms with Crippen molar-refractivity contribution >= 4 is 22.7 Å². The molecule has 0 fully saturated rings. The topological polar surface area (TPSA) is 47.8 Å². The predicted octanol–water partition coefficient (Wildman–Crippen LogP) is 2.56. The van der Waals surface area contributed by atoms with Gasteiger partial charge in [0.15, 0.2) is 0 Å². The number of hydrogen-bond acceptors (Lipinski definition) is 4. The fourth-order valence-corrected chi connectivity index (χ4v) is 2.44. The second-order valence-electron chi connectivity index (χ2n) is 4.42. The van der Waals surface area contributed by atoms with Gasteiger partial charge in [-0.25, -0.2) is 4.68 Å². The Hall–Kier alpha value is -2.14. The molecule has 0 aliphatic heterocycles. The van der Waals surface area contributed by atoms with E-state index in [-0.39, 0.29) is 5.56 Å². The van der Waals surface area contributed by atoms with E-state index in [0.717, 1.165) is 5.56 Å². The lowest BCUT2D eigenvalue weighted by molar-refractivity contribution is 0.600. The summed E-state index contributed by atoms with van der Waals surface area (Å²) in [6.07, 6.45) is 2.04. The van der Waals surface area contributed by atoms with Crippen molar-refractivity contribution in [2.75, 3.05) is 6.26 Å². The Labute approximate surface area is 120 Å². The molecule has 0 bridgehead atoms. The first-order chi connectivity index (χ1) is 9.78. The van der Waals surface area contributed by atoms with E-state index in [4.69, 9.17) is 0 Å². The largest absolute Gasteiger partial charge is 0.277 e. The van der Waals surface area contributed by atoms with Gasteiger partial charge in [-0.15, -0.1) is 16.9 Å². The lowest BCUT2D eigenvalue weighted by atomic mass is 10.2. The molecule has 0 radical (unpaired) electrons. The highest BCUT2D eigenvalue weighted by Crippen LogP contribution is 2.15. The maximum Gasteiger partial charge on any atom is 0.277 e. The minimum absolute atomic E-state index is 0.107. The summed E-state index contributed by atoms with van der Waals surface area (Å²) >= 11 is 1.69. The Morgan fingerprint density at radius 1 is 1.10 bits per heavy atom. The van der Waals surface area contributed by atoms with Gasteiger partial charge < -0.3 is 0 Å². The average Bonchev–Trinajstić information content (AvgIpc) is 2.51. The summed E-state index contributed by atoms with van der Waals surface area (Å²) in [6, 6.07) is 15.4. The van der Waals surface area contributed by atoms with E-state index in [1.165, 1.54) is 9.58 Å². The molecule has 2 aromatic carbocycles. The Morgan fingerprint density at radius 3 is 2.60 bits per heavy atom. The first-order valence-electron chi connectivity index (χ1n) is 6.23. The third kappa shape index (κ3) is 2.44. The van der Waals surface area contributed by atoms with E-state index in [1.54, 1.807) is 23.9 Å². The Kier molecular flexibility index (Phi) is 3.52. The van der Waals surface area contributed by atoms with Gasteiger partial charge in [0, 0.05) is 4.90 Å². The first-order valence-corrected chi connectivity index (χ1v) is 7.46. The third-order valence-electron chi connectivity index (χ3n) is 3.12. The molecule has 0 aliphatic rings. The Balaban J connectivity index is 1.98. The molecule has 5 heteroatoms. The van der Waals surface area contributed by atoms with Crippen molar-refractivity contribution in [1.29, 1.82) is 0 Å². The van der Waals surface area contributed by atoms with E-state index < -0.39 is 0 Å². The zero-order valence-electron chi connectivity index (χ0n) is 11.0. The van der Waals surface area contributed by atoms with Crippen molar-refractivity contribution in [2.24, 2.45) is 0 Å². The van der Waals surface area contributed by atoms with Crippen LogP contribution in [0.15, 0.2) is 58.2 Å². The summed E-state index contributed by atoms with van der Waals surface area (Å²) in [7, 11) is 0. The molecule has 4 nitrogen and oxygen atoms in total. The number of thioether (sulfide) groups is 1. The van der Waals surface area contributed by atoms with Crippen molar-refractivity contribution < 1.29 is 0 Å². The van der Waals surface area contributed by atoms with Gasteiger partial charge in [0.1, 0.15) is 5.52 Å². The van der Waals surface area contributed by atoms with Gasteiger partial charge >= 0.3 is 0 Å². The summed E-state index contributed by atoms with van der Waals surface area (Å²) in [5, 5.41) is 8.67. The van der Waals surface area contributed by atoms with Crippen LogP contribution in [-0.2, 0) is 6.54 Å². The normalized spacial score (nSPS) is 10.8. The predicted molar refractivity (Wildman–Crippen MR) is 81.1 cm³/mol. The highest BCUT2D eigenvalue weighted by atomic mass is 32.2. The van der Waals surface area contributed by atoms with Gasteiger partial charge in [0.2, 0.25) is 0 Å². The van der Waals surface area contributed by atoms with Crippen molar-refractivity contribution in [3.8, 4) is 0 Å². The summed E-state index contributed by atoms with van der Waals surface area (Å²) in [5.74, 6) is 0. The van der Waals surface area contributed by atoms with E-state index in [0.29, 0.717) is 17.4 Å². The highest BCUT2D eigenvalue weighted by Gasteiger charge is 2.05. The van der Waals surface area contributed by atoms with Crippen LogP contribution < -0.4 is 5.56 Å². The highest BCUT2D eigenvalue weighted by molar-refractivity contribution is 7.98. The van der Waals surface area contributed by atoms with Gasteiger partial charge in [0.25, 0.3) is 5.56 Å². The van der Waals surface area contributed by atoms with Crippen molar-refractivity contribution in [3.05, 3.63) is 64.4 Å². The van der Waals surface area contributed by atoms with Gasteiger partial charge in [-0.1, -0.05) is 29.5 Å². The molecule has 20 heavy (non-hydrogen) atoms. The van der Waals surface area contributed by atoms with E-state index in [2.05, 4.69) is 10.3 Å². The first kappa shape index (κ1) is 12.9. The Morgan fingerprint density at radius 2 is 1.85 bits per heavy atom. The molecule has 0 amide bonds. The fraction of sp³-hybridized carbons (Fsp3) is 0.133. The molecule has 0 spiro atoms. The van der Waals surface area contributed by atoms with E-state index in [1.807, 2.05) is 42.7 Å². The summed E-state index contributed by atoms with van der Waals surface area (Å²) < 4.78 is 1.40. The van der Waals surface area contributed by atoms with E-state index in [9.17, 15) is 4.79 Å². The van der Waals surface area contributed by atoms with Crippen LogP contribution in [0, 0.1) is 0 Å². The molecule has 0 aliphatic carbocycles. The van der Waals surface area contributed by atoms with Gasteiger partial charge in [-0.05, 0) is 36.1 Å². The molecule has 3 rings (SSSR count). The maximum atomic E-state index is 12.3. The molecule has 1 aromatic heterocycles. The molecule has 100 valence electrons. The van der Waals surface area contributed by atoms with Crippen molar-refractivity contribution in [3.63, 3.8) is 0 Å². The van der Waals surface area contributed by atoms with E-state index >= 15 is 0 Å². The Bertz CT molecular complexity index is 796. The van der Waals surface area contributed by atoms with Gasteiger partial charge in [0.05, 0.1) is 11.9 Å². The number of rotatable bonds is 3. The minimum Gasteiger partial charge on any atom is -0.267 e. The van der Waals surface area contributed by atoms with Crippen LogP contribution in [0.4, 0.5) is 0 Å². The van der Waals surface area contributed by atoms with Gasteiger partial charge in [-0.3, -0.25) is 4.79 Å². The van der Waals surface area contributed by atoms with Crippen molar-refractivity contribution in [2.45, 2.75) is 11.4 Å². The maximum absolute atomic E-state index is 12.3. The molecule has 0 saturated heterocycles. The molecular weight excluding hydrogens is 270 g/mol. The van der Waals surface area contributed by atoms with Crippen LogP contribution in [0.5, 0.6) is 0 Å². The molecule has 0 N–H and O–H groups in total. The summed E-state index contributed by atoms with van der Waals surface area (Å²) in [6.45, 7) is 0.436. The fourth-order valence-electron chi connectivity index (χ4n) is 2.03. The van der Waals surface area contributed by atoms with Crippen LogP contribution in [0.1, 0.15) is 5.56 Å². The number of fused-ring (bicyclic) bond motifs is 1. The molecule has 0 saturated carbocycles. The van der Waals surface area contributed by atoms with Crippen LogP contribution in [-0.4, -0.2) is 21.2 Å². The second-order valence-corrected chi connectivity index (χ2v) is 5.30.